The molecular formula is C11H9ClO4. The van der Waals surface area contributed by atoms with Crippen molar-refractivity contribution in [2.75, 3.05) is 0 Å². The van der Waals surface area contributed by atoms with Gasteiger partial charge in [0, 0.05) is 17.2 Å². The molecular weight excluding hydrogens is 232 g/mol. The minimum atomic E-state index is -1.19. The Balaban J connectivity index is 2.43. The average Bonchev–Trinajstić information content (AvgIpc) is 2.25. The largest absolute Gasteiger partial charge is 0.478 e. The predicted molar refractivity (Wildman–Crippen MR) is 58.0 cm³/mol. The first-order valence-corrected chi connectivity index (χ1v) is 4.78. The summed E-state index contributed by atoms with van der Waals surface area (Å²) in [5, 5.41) is 8.87. The summed E-state index contributed by atoms with van der Waals surface area (Å²) in [5.74, 6) is -1.89. The van der Waals surface area contributed by atoms with Gasteiger partial charge in [-0.1, -0.05) is 23.7 Å². The Morgan fingerprint density at radius 1 is 1.25 bits per heavy atom. The third-order valence-corrected chi connectivity index (χ3v) is 1.91. The normalized spacial score (nSPS) is 10.3. The van der Waals surface area contributed by atoms with E-state index in [1.807, 2.05) is 0 Å². The Labute approximate surface area is 97.1 Å². The number of carbonyl (C=O) groups is 2. The lowest BCUT2D eigenvalue weighted by Gasteiger charge is -2.01. The van der Waals surface area contributed by atoms with Crippen LogP contribution in [-0.4, -0.2) is 17.0 Å². The molecule has 0 radical (unpaired) electrons. The molecule has 1 rings (SSSR count). The van der Waals surface area contributed by atoms with Gasteiger partial charge in [0.1, 0.15) is 6.61 Å². The molecule has 16 heavy (non-hydrogen) atoms. The van der Waals surface area contributed by atoms with Crippen molar-refractivity contribution >= 4 is 23.5 Å². The first-order valence-electron chi connectivity index (χ1n) is 4.40. The monoisotopic (exact) mass is 240 g/mol. The van der Waals surface area contributed by atoms with Crippen LogP contribution in [-0.2, 0) is 20.9 Å². The topological polar surface area (TPSA) is 63.6 Å². The van der Waals surface area contributed by atoms with Gasteiger partial charge in [-0.15, -0.1) is 0 Å². The van der Waals surface area contributed by atoms with Crippen LogP contribution < -0.4 is 0 Å². The third-order valence-electron chi connectivity index (χ3n) is 1.66. The molecule has 0 spiro atoms. The first kappa shape index (κ1) is 12.3. The average molecular weight is 241 g/mol. The van der Waals surface area contributed by atoms with Crippen molar-refractivity contribution in [2.45, 2.75) is 6.61 Å². The molecule has 0 bridgehead atoms. The number of hydrogen-bond acceptors (Lipinski definition) is 3. The van der Waals surface area contributed by atoms with E-state index >= 15 is 0 Å². The Morgan fingerprint density at radius 3 is 2.44 bits per heavy atom. The van der Waals surface area contributed by atoms with Crippen LogP contribution in [0.25, 0.3) is 0 Å². The fourth-order valence-corrected chi connectivity index (χ4v) is 1.05. The fraction of sp³-hybridized carbons (Fsp3) is 0.0909. The molecule has 0 aliphatic carbocycles. The quantitative estimate of drug-likeness (QED) is 0.646. The van der Waals surface area contributed by atoms with Crippen LogP contribution in [0.1, 0.15) is 5.56 Å². The molecule has 0 aromatic heterocycles. The van der Waals surface area contributed by atoms with Gasteiger partial charge in [-0.25, -0.2) is 9.59 Å². The molecule has 0 saturated heterocycles. The molecule has 0 aliphatic rings. The Morgan fingerprint density at radius 2 is 1.88 bits per heavy atom. The van der Waals surface area contributed by atoms with Crippen molar-refractivity contribution in [1.29, 1.82) is 0 Å². The van der Waals surface area contributed by atoms with Crippen molar-refractivity contribution in [3.8, 4) is 0 Å². The van der Waals surface area contributed by atoms with Gasteiger partial charge in [-0.2, -0.15) is 0 Å². The summed E-state index contributed by atoms with van der Waals surface area (Å²) < 4.78 is 4.79. The van der Waals surface area contributed by atoms with Crippen LogP contribution in [0.4, 0.5) is 0 Å². The highest BCUT2D eigenvalue weighted by Crippen LogP contribution is 2.10. The Hall–Kier alpha value is -1.81. The maximum Gasteiger partial charge on any atom is 0.331 e. The standard InChI is InChI=1S/C11H9ClO4/c12-9-3-1-8(2-4-9)7-16-11(15)6-5-10(13)14/h1-6H,7H2,(H,13,14)/b6-5+. The predicted octanol–water partition coefficient (Wildman–Crippen LogP) is 2.02. The number of carboxylic acids is 1. The third kappa shape index (κ3) is 4.61. The number of ether oxygens (including phenoxy) is 1. The highest BCUT2D eigenvalue weighted by atomic mass is 35.5. The first-order chi connectivity index (χ1) is 7.58. The van der Waals surface area contributed by atoms with Crippen LogP contribution in [0.2, 0.25) is 5.02 Å². The number of carbonyl (C=O) groups excluding carboxylic acids is 1. The van der Waals surface area contributed by atoms with Crippen molar-refractivity contribution in [3.63, 3.8) is 0 Å². The zero-order chi connectivity index (χ0) is 12.0. The van der Waals surface area contributed by atoms with Crippen LogP contribution in [0.5, 0.6) is 0 Å². The van der Waals surface area contributed by atoms with Gasteiger partial charge >= 0.3 is 11.9 Å². The number of benzene rings is 1. The van der Waals surface area contributed by atoms with E-state index < -0.39 is 11.9 Å². The van der Waals surface area contributed by atoms with Gasteiger partial charge in [0.2, 0.25) is 0 Å². The molecule has 1 aromatic carbocycles. The van der Waals surface area contributed by atoms with E-state index in [1.54, 1.807) is 24.3 Å². The van der Waals surface area contributed by atoms with Gasteiger partial charge in [-0.3, -0.25) is 0 Å². The van der Waals surface area contributed by atoms with Crippen molar-refractivity contribution in [3.05, 3.63) is 47.0 Å². The van der Waals surface area contributed by atoms with E-state index in [0.717, 1.165) is 17.7 Å². The van der Waals surface area contributed by atoms with E-state index in [2.05, 4.69) is 0 Å². The van der Waals surface area contributed by atoms with Gasteiger partial charge < -0.3 is 9.84 Å². The number of esters is 1. The second-order valence-corrected chi connectivity index (χ2v) is 3.34. The molecule has 0 saturated carbocycles. The molecule has 0 amide bonds. The summed E-state index contributed by atoms with van der Waals surface area (Å²) >= 11 is 5.67. The Bertz CT molecular complexity index is 408. The van der Waals surface area contributed by atoms with Gasteiger partial charge in [0.15, 0.2) is 0 Å². The molecule has 0 unspecified atom stereocenters. The van der Waals surface area contributed by atoms with E-state index in [-0.39, 0.29) is 6.61 Å². The van der Waals surface area contributed by atoms with Crippen LogP contribution in [0.3, 0.4) is 0 Å². The van der Waals surface area contributed by atoms with Crippen molar-refractivity contribution in [1.82, 2.24) is 0 Å². The van der Waals surface area contributed by atoms with Crippen LogP contribution >= 0.6 is 11.6 Å². The van der Waals surface area contributed by atoms with Crippen molar-refractivity contribution in [2.24, 2.45) is 0 Å². The highest BCUT2D eigenvalue weighted by Gasteiger charge is 1.99. The van der Waals surface area contributed by atoms with Crippen LogP contribution in [0.15, 0.2) is 36.4 Å². The summed E-state index contributed by atoms with van der Waals surface area (Å²) in [6, 6.07) is 6.79. The maximum atomic E-state index is 11.0. The summed E-state index contributed by atoms with van der Waals surface area (Å²) in [7, 11) is 0. The number of rotatable bonds is 4. The molecule has 0 fully saturated rings. The molecule has 5 heteroatoms. The molecule has 0 heterocycles. The lowest BCUT2D eigenvalue weighted by molar-refractivity contribution is -0.139. The molecule has 1 aromatic rings. The minimum absolute atomic E-state index is 0.0833. The van der Waals surface area contributed by atoms with Crippen LogP contribution in [0, 0.1) is 0 Å². The van der Waals surface area contributed by atoms with Gasteiger partial charge in [0.05, 0.1) is 0 Å². The second kappa shape index (κ2) is 5.92. The van der Waals surface area contributed by atoms with Gasteiger partial charge in [-0.05, 0) is 17.7 Å². The molecule has 0 aliphatic heterocycles. The van der Waals surface area contributed by atoms with E-state index in [1.165, 1.54) is 0 Å². The summed E-state index contributed by atoms with van der Waals surface area (Å²) in [6.45, 7) is 0.0833. The molecule has 4 nitrogen and oxygen atoms in total. The summed E-state index contributed by atoms with van der Waals surface area (Å²) in [5.41, 5.74) is 0.779. The van der Waals surface area contributed by atoms with E-state index in [9.17, 15) is 9.59 Å². The molecule has 84 valence electrons. The smallest absolute Gasteiger partial charge is 0.331 e. The Kier molecular flexibility index (Phi) is 4.54. The summed E-state index contributed by atoms with van der Waals surface area (Å²) in [6.07, 6.45) is 1.59. The summed E-state index contributed by atoms with van der Waals surface area (Å²) in [4.78, 5) is 21.1. The number of carboxylic acid groups (broad SMARTS) is 1. The minimum Gasteiger partial charge on any atom is -0.478 e. The lowest BCUT2D eigenvalue weighted by atomic mass is 10.2. The maximum absolute atomic E-state index is 11.0. The van der Waals surface area contributed by atoms with Crippen molar-refractivity contribution < 1.29 is 19.4 Å². The number of hydrogen-bond donors (Lipinski definition) is 1. The van der Waals surface area contributed by atoms with E-state index in [4.69, 9.17) is 21.4 Å². The highest BCUT2D eigenvalue weighted by molar-refractivity contribution is 6.30. The molecule has 1 N–H and O–H groups in total. The fourth-order valence-electron chi connectivity index (χ4n) is 0.923. The molecule has 0 atom stereocenters. The second-order valence-electron chi connectivity index (χ2n) is 2.91. The zero-order valence-corrected chi connectivity index (χ0v) is 8.98. The number of halogens is 1. The zero-order valence-electron chi connectivity index (χ0n) is 8.22. The lowest BCUT2D eigenvalue weighted by Crippen LogP contribution is -2.01. The van der Waals surface area contributed by atoms with Gasteiger partial charge in [0.25, 0.3) is 0 Å². The number of aliphatic carboxylic acids is 1. The SMILES string of the molecule is O=C(O)/C=C/C(=O)OCc1ccc(Cl)cc1. The van der Waals surface area contributed by atoms with E-state index in [0.29, 0.717) is 5.02 Å².